The van der Waals surface area contributed by atoms with Crippen molar-refractivity contribution < 1.29 is 0 Å². The molecule has 1 nitrogen and oxygen atoms in total. The van der Waals surface area contributed by atoms with Crippen LogP contribution in [0, 0.1) is 11.3 Å². The molecule has 0 radical (unpaired) electrons. The predicted molar refractivity (Wildman–Crippen MR) is 90.2 cm³/mol. The summed E-state index contributed by atoms with van der Waals surface area (Å²) in [7, 11) is 0. The standard InChI is InChI=1S/C17H35NS/c1-5-17(6-2,14-19)13-18(12-11-15(3)4)16-9-7-8-10-16/h15-16,19H,5-14H2,1-4H3. The Balaban J connectivity index is 2.65. The molecule has 0 spiro atoms. The number of hydrogen-bond acceptors (Lipinski definition) is 2. The molecule has 1 rings (SSSR count). The molecular weight excluding hydrogens is 250 g/mol. The first-order chi connectivity index (χ1) is 9.06. The summed E-state index contributed by atoms with van der Waals surface area (Å²) < 4.78 is 0. The molecule has 114 valence electrons. The lowest BCUT2D eigenvalue weighted by Gasteiger charge is -2.39. The quantitative estimate of drug-likeness (QED) is 0.583. The van der Waals surface area contributed by atoms with Gasteiger partial charge in [0.2, 0.25) is 0 Å². The van der Waals surface area contributed by atoms with Gasteiger partial charge in [0.15, 0.2) is 0 Å². The summed E-state index contributed by atoms with van der Waals surface area (Å²) in [6, 6.07) is 0.858. The summed E-state index contributed by atoms with van der Waals surface area (Å²) in [5.41, 5.74) is 0.433. The van der Waals surface area contributed by atoms with Gasteiger partial charge in [-0.05, 0) is 55.7 Å². The maximum Gasteiger partial charge on any atom is 0.00954 e. The lowest BCUT2D eigenvalue weighted by molar-refractivity contribution is 0.111. The van der Waals surface area contributed by atoms with Crippen molar-refractivity contribution in [1.29, 1.82) is 0 Å². The van der Waals surface area contributed by atoms with Crippen molar-refractivity contribution in [1.82, 2.24) is 4.90 Å². The molecule has 0 amide bonds. The average molecular weight is 286 g/mol. The Morgan fingerprint density at radius 2 is 1.74 bits per heavy atom. The van der Waals surface area contributed by atoms with E-state index in [9.17, 15) is 0 Å². The van der Waals surface area contributed by atoms with Crippen LogP contribution < -0.4 is 0 Å². The summed E-state index contributed by atoms with van der Waals surface area (Å²) in [5, 5.41) is 0. The molecule has 0 bridgehead atoms. The van der Waals surface area contributed by atoms with Crippen molar-refractivity contribution in [2.75, 3.05) is 18.8 Å². The van der Waals surface area contributed by atoms with Crippen LogP contribution >= 0.6 is 12.6 Å². The van der Waals surface area contributed by atoms with E-state index < -0.39 is 0 Å². The third-order valence-corrected chi connectivity index (χ3v) is 5.88. The molecule has 1 fully saturated rings. The normalized spacial score (nSPS) is 17.8. The Hall–Kier alpha value is 0.310. The van der Waals surface area contributed by atoms with E-state index in [1.54, 1.807) is 0 Å². The van der Waals surface area contributed by atoms with Gasteiger partial charge in [0.1, 0.15) is 0 Å². The van der Waals surface area contributed by atoms with Crippen molar-refractivity contribution >= 4 is 12.6 Å². The highest BCUT2D eigenvalue weighted by atomic mass is 32.1. The van der Waals surface area contributed by atoms with Crippen LogP contribution in [0.15, 0.2) is 0 Å². The van der Waals surface area contributed by atoms with Crippen LogP contribution in [0.4, 0.5) is 0 Å². The first kappa shape index (κ1) is 17.4. The van der Waals surface area contributed by atoms with E-state index in [-0.39, 0.29) is 0 Å². The van der Waals surface area contributed by atoms with Gasteiger partial charge in [0.25, 0.3) is 0 Å². The van der Waals surface area contributed by atoms with E-state index in [1.807, 2.05) is 0 Å². The molecular formula is C17H35NS. The predicted octanol–water partition coefficient (Wildman–Crippen LogP) is 5.01. The second kappa shape index (κ2) is 8.56. The molecule has 0 aliphatic heterocycles. The molecule has 0 aromatic carbocycles. The van der Waals surface area contributed by atoms with Crippen molar-refractivity contribution in [3.63, 3.8) is 0 Å². The van der Waals surface area contributed by atoms with Crippen molar-refractivity contribution in [2.45, 2.75) is 78.7 Å². The zero-order valence-corrected chi connectivity index (χ0v) is 14.5. The van der Waals surface area contributed by atoms with E-state index in [4.69, 9.17) is 0 Å². The monoisotopic (exact) mass is 285 g/mol. The number of hydrogen-bond donors (Lipinski definition) is 1. The largest absolute Gasteiger partial charge is 0.300 e. The minimum Gasteiger partial charge on any atom is -0.300 e. The molecule has 2 heteroatoms. The van der Waals surface area contributed by atoms with Gasteiger partial charge in [0.05, 0.1) is 0 Å². The molecule has 1 aliphatic rings. The Morgan fingerprint density at radius 3 is 2.16 bits per heavy atom. The molecule has 0 unspecified atom stereocenters. The highest BCUT2D eigenvalue weighted by Gasteiger charge is 2.31. The van der Waals surface area contributed by atoms with Crippen molar-refractivity contribution in [3.05, 3.63) is 0 Å². The third kappa shape index (κ3) is 5.30. The lowest BCUT2D eigenvalue weighted by Crippen LogP contribution is -2.44. The second-order valence-electron chi connectivity index (χ2n) is 6.96. The first-order valence-corrected chi connectivity index (χ1v) is 9.05. The van der Waals surface area contributed by atoms with Gasteiger partial charge in [0, 0.05) is 12.6 Å². The van der Waals surface area contributed by atoms with Gasteiger partial charge < -0.3 is 0 Å². The zero-order valence-electron chi connectivity index (χ0n) is 13.6. The Labute approximate surface area is 126 Å². The summed E-state index contributed by atoms with van der Waals surface area (Å²) in [5.74, 6) is 1.85. The molecule has 0 N–H and O–H groups in total. The average Bonchev–Trinajstić information content (AvgIpc) is 2.94. The Kier molecular flexibility index (Phi) is 7.83. The maximum absolute atomic E-state index is 4.66. The minimum atomic E-state index is 0.433. The van der Waals surface area contributed by atoms with Gasteiger partial charge in [-0.3, -0.25) is 4.90 Å². The van der Waals surface area contributed by atoms with Crippen molar-refractivity contribution in [2.24, 2.45) is 11.3 Å². The van der Waals surface area contributed by atoms with Gasteiger partial charge >= 0.3 is 0 Å². The zero-order chi connectivity index (χ0) is 14.3. The molecule has 0 saturated heterocycles. The van der Waals surface area contributed by atoms with Crippen LogP contribution in [0.2, 0.25) is 0 Å². The van der Waals surface area contributed by atoms with Crippen LogP contribution in [0.5, 0.6) is 0 Å². The molecule has 19 heavy (non-hydrogen) atoms. The summed E-state index contributed by atoms with van der Waals surface area (Å²) >= 11 is 4.66. The van der Waals surface area contributed by atoms with E-state index in [0.29, 0.717) is 5.41 Å². The molecule has 1 aliphatic carbocycles. The van der Waals surface area contributed by atoms with Crippen LogP contribution in [0.25, 0.3) is 0 Å². The van der Waals surface area contributed by atoms with E-state index in [0.717, 1.165) is 17.7 Å². The molecule has 0 aromatic rings. The first-order valence-electron chi connectivity index (χ1n) is 8.41. The maximum atomic E-state index is 4.66. The van der Waals surface area contributed by atoms with Gasteiger partial charge in [-0.1, -0.05) is 40.5 Å². The van der Waals surface area contributed by atoms with Gasteiger partial charge in [-0.15, -0.1) is 0 Å². The Morgan fingerprint density at radius 1 is 1.16 bits per heavy atom. The highest BCUT2D eigenvalue weighted by Crippen LogP contribution is 2.33. The molecule has 0 aromatic heterocycles. The fourth-order valence-corrected chi connectivity index (χ4v) is 3.81. The lowest BCUT2D eigenvalue weighted by atomic mass is 9.83. The fourth-order valence-electron chi connectivity index (χ4n) is 3.26. The van der Waals surface area contributed by atoms with Gasteiger partial charge in [-0.25, -0.2) is 0 Å². The van der Waals surface area contributed by atoms with Gasteiger partial charge in [-0.2, -0.15) is 12.6 Å². The SMILES string of the molecule is CCC(CC)(CS)CN(CCC(C)C)C1CCCC1. The Bertz CT molecular complexity index is 221. The summed E-state index contributed by atoms with van der Waals surface area (Å²) in [4.78, 5) is 2.82. The summed E-state index contributed by atoms with van der Waals surface area (Å²) in [6.45, 7) is 11.9. The number of nitrogens with zero attached hydrogens (tertiary/aromatic N) is 1. The van der Waals surface area contributed by atoms with Crippen LogP contribution in [-0.2, 0) is 0 Å². The number of thiol groups is 1. The molecule has 1 saturated carbocycles. The molecule has 0 heterocycles. The third-order valence-electron chi connectivity index (χ3n) is 5.21. The van der Waals surface area contributed by atoms with Crippen LogP contribution in [0.3, 0.4) is 0 Å². The van der Waals surface area contributed by atoms with E-state index in [2.05, 4.69) is 45.2 Å². The highest BCUT2D eigenvalue weighted by molar-refractivity contribution is 7.80. The summed E-state index contributed by atoms with van der Waals surface area (Å²) in [6.07, 6.45) is 9.59. The van der Waals surface area contributed by atoms with Crippen molar-refractivity contribution in [3.8, 4) is 0 Å². The fraction of sp³-hybridized carbons (Fsp3) is 1.00. The molecule has 0 atom stereocenters. The number of rotatable bonds is 9. The van der Waals surface area contributed by atoms with E-state index in [1.165, 1.54) is 58.0 Å². The second-order valence-corrected chi connectivity index (χ2v) is 7.27. The topological polar surface area (TPSA) is 3.24 Å². The van der Waals surface area contributed by atoms with E-state index >= 15 is 0 Å². The smallest absolute Gasteiger partial charge is 0.00954 e. The van der Waals surface area contributed by atoms with Crippen LogP contribution in [-0.4, -0.2) is 29.8 Å². The van der Waals surface area contributed by atoms with Crippen LogP contribution in [0.1, 0.15) is 72.6 Å². The minimum absolute atomic E-state index is 0.433.